The monoisotopic (exact) mass is 556 g/mol. The highest BCUT2D eigenvalue weighted by Crippen LogP contribution is 2.33. The smallest absolute Gasteiger partial charge is 0.254 e. The van der Waals surface area contributed by atoms with Gasteiger partial charge in [0.2, 0.25) is 11.9 Å². The van der Waals surface area contributed by atoms with Gasteiger partial charge in [-0.15, -0.1) is 0 Å². The van der Waals surface area contributed by atoms with Crippen molar-refractivity contribution in [1.29, 1.82) is 5.26 Å². The molecule has 10 heteroatoms. The van der Waals surface area contributed by atoms with Crippen molar-refractivity contribution in [2.45, 2.75) is 44.8 Å². The fraction of sp³-hybridized carbons (Fsp3) is 0.367. The van der Waals surface area contributed by atoms with Crippen molar-refractivity contribution in [3.05, 3.63) is 75.4 Å². The van der Waals surface area contributed by atoms with Crippen LogP contribution in [0.4, 0.5) is 5.95 Å². The Bertz CT molecular complexity index is 1530. The van der Waals surface area contributed by atoms with Gasteiger partial charge in [0.15, 0.2) is 0 Å². The summed E-state index contributed by atoms with van der Waals surface area (Å²) in [5.74, 6) is 0.220. The van der Waals surface area contributed by atoms with E-state index in [-0.39, 0.29) is 30.4 Å². The largest absolute Gasteiger partial charge is 0.381 e. The predicted octanol–water partition coefficient (Wildman–Crippen LogP) is 4.36. The maximum absolute atomic E-state index is 13.4. The van der Waals surface area contributed by atoms with E-state index in [1.54, 1.807) is 23.2 Å². The number of carbonyl (C=O) groups is 2. The molecule has 3 aliphatic rings. The van der Waals surface area contributed by atoms with E-state index < -0.39 is 0 Å². The summed E-state index contributed by atoms with van der Waals surface area (Å²) in [6, 6.07) is 13.5. The summed E-state index contributed by atoms with van der Waals surface area (Å²) in [5, 5.41) is 13.0. The highest BCUT2D eigenvalue weighted by Gasteiger charge is 2.33. The van der Waals surface area contributed by atoms with Gasteiger partial charge in [-0.3, -0.25) is 9.59 Å². The summed E-state index contributed by atoms with van der Waals surface area (Å²) >= 11 is 6.48. The summed E-state index contributed by atoms with van der Waals surface area (Å²) in [5.41, 5.74) is 5.47. The first kappa shape index (κ1) is 26.2. The molecule has 0 aliphatic carbocycles. The molecule has 1 unspecified atom stereocenters. The average Bonchev–Trinajstić information content (AvgIpc) is 3.28. The van der Waals surface area contributed by atoms with Crippen molar-refractivity contribution >= 4 is 29.4 Å². The van der Waals surface area contributed by atoms with E-state index in [1.165, 1.54) is 0 Å². The highest BCUT2D eigenvalue weighted by molar-refractivity contribution is 6.33. The summed E-state index contributed by atoms with van der Waals surface area (Å²) in [6.07, 6.45) is 4.02. The van der Waals surface area contributed by atoms with E-state index in [0.29, 0.717) is 60.5 Å². The molecule has 40 heavy (non-hydrogen) atoms. The molecule has 1 saturated heterocycles. The average molecular weight is 557 g/mol. The number of anilines is 1. The molecule has 4 heterocycles. The first-order chi connectivity index (χ1) is 19.4. The fourth-order valence-corrected chi connectivity index (χ4v) is 6.00. The van der Waals surface area contributed by atoms with Crippen molar-refractivity contribution in [1.82, 2.24) is 19.8 Å². The number of nitriles is 1. The molecular weight excluding hydrogens is 528 g/mol. The summed E-state index contributed by atoms with van der Waals surface area (Å²) in [7, 11) is 0. The van der Waals surface area contributed by atoms with Crippen molar-refractivity contribution in [2.75, 3.05) is 31.6 Å². The Morgan fingerprint density at radius 1 is 1.20 bits per heavy atom. The van der Waals surface area contributed by atoms with Gasteiger partial charge in [-0.05, 0) is 61.1 Å². The van der Waals surface area contributed by atoms with E-state index in [0.717, 1.165) is 35.1 Å². The van der Waals surface area contributed by atoms with Crippen LogP contribution in [0.15, 0.2) is 42.6 Å². The third-order valence-corrected chi connectivity index (χ3v) is 8.30. The second-order valence-electron chi connectivity index (χ2n) is 10.5. The lowest BCUT2D eigenvalue weighted by Crippen LogP contribution is -2.44. The normalized spacial score (nSPS) is 18.7. The molecule has 3 aliphatic heterocycles. The van der Waals surface area contributed by atoms with Gasteiger partial charge in [0.1, 0.15) is 6.54 Å². The number of fused-ring (bicyclic) bond motifs is 2. The maximum atomic E-state index is 13.4. The lowest BCUT2D eigenvalue weighted by Gasteiger charge is -2.36. The number of rotatable bonds is 5. The van der Waals surface area contributed by atoms with Gasteiger partial charge in [-0.2, -0.15) is 5.26 Å². The Morgan fingerprint density at radius 2 is 2.02 bits per heavy atom. The third kappa shape index (κ3) is 5.01. The van der Waals surface area contributed by atoms with Gasteiger partial charge in [0.05, 0.1) is 34.6 Å². The van der Waals surface area contributed by atoms with E-state index >= 15 is 0 Å². The van der Waals surface area contributed by atoms with Crippen LogP contribution in [-0.4, -0.2) is 63.9 Å². The Hall–Kier alpha value is -4.00. The second kappa shape index (κ2) is 10.9. The molecule has 1 fully saturated rings. The molecule has 0 saturated carbocycles. The van der Waals surface area contributed by atoms with Crippen molar-refractivity contribution in [3.63, 3.8) is 0 Å². The maximum Gasteiger partial charge on any atom is 0.254 e. The molecule has 1 N–H and O–H groups in total. The molecule has 1 atom stereocenters. The van der Waals surface area contributed by atoms with Gasteiger partial charge in [0.25, 0.3) is 5.91 Å². The van der Waals surface area contributed by atoms with Crippen LogP contribution in [-0.2, 0) is 22.5 Å². The molecule has 2 amide bonds. The number of nitrogens with one attached hydrogen (secondary N) is 1. The van der Waals surface area contributed by atoms with E-state index in [4.69, 9.17) is 16.3 Å². The lowest BCUT2D eigenvalue weighted by molar-refractivity contribution is -0.134. The van der Waals surface area contributed by atoms with Crippen LogP contribution >= 0.6 is 11.6 Å². The SMILES string of the molecule is CC1c2ccc(C#N)cc2CCN1C(=O)CN1Cc2ccc(-c3nc(NC4CCOCC4)ncc3Cl)cc2C1=O. The molecule has 6 rings (SSSR count). The first-order valence-electron chi connectivity index (χ1n) is 13.5. The number of hydrogen-bond donors (Lipinski definition) is 1. The van der Waals surface area contributed by atoms with Gasteiger partial charge < -0.3 is 19.9 Å². The van der Waals surface area contributed by atoms with Gasteiger partial charge in [0, 0.05) is 43.5 Å². The summed E-state index contributed by atoms with van der Waals surface area (Å²) < 4.78 is 5.43. The number of hydrogen-bond acceptors (Lipinski definition) is 7. The Morgan fingerprint density at radius 3 is 2.83 bits per heavy atom. The number of benzene rings is 2. The van der Waals surface area contributed by atoms with Crippen LogP contribution in [0, 0.1) is 11.3 Å². The fourth-order valence-electron chi connectivity index (χ4n) is 5.80. The Balaban J connectivity index is 1.16. The molecule has 2 aromatic carbocycles. The molecule has 0 spiro atoms. The van der Waals surface area contributed by atoms with Gasteiger partial charge >= 0.3 is 0 Å². The van der Waals surface area contributed by atoms with E-state index in [1.807, 2.05) is 36.1 Å². The number of amides is 2. The quantitative estimate of drug-likeness (QED) is 0.497. The third-order valence-electron chi connectivity index (χ3n) is 8.02. The molecular formula is C30H29ClN6O3. The van der Waals surface area contributed by atoms with Crippen LogP contribution in [0.5, 0.6) is 0 Å². The molecule has 204 valence electrons. The Kier molecular flexibility index (Phi) is 7.13. The van der Waals surface area contributed by atoms with Crippen LogP contribution in [0.2, 0.25) is 5.02 Å². The summed E-state index contributed by atoms with van der Waals surface area (Å²) in [4.78, 5) is 39.2. The second-order valence-corrected chi connectivity index (χ2v) is 10.9. The van der Waals surface area contributed by atoms with Crippen LogP contribution < -0.4 is 5.32 Å². The standard InChI is InChI=1S/C30H29ClN6O3/c1-18-24-5-2-19(14-32)12-20(24)6-9-37(18)27(38)17-36-16-22-4-3-21(13-25(22)29(36)39)28-26(31)15-33-30(35-28)34-23-7-10-40-11-8-23/h2-5,12-13,15,18,23H,6-11,16-17H2,1H3,(H,33,34,35). The van der Waals surface area contributed by atoms with Crippen LogP contribution in [0.1, 0.15) is 58.4 Å². The minimum Gasteiger partial charge on any atom is -0.381 e. The molecule has 3 aromatic rings. The minimum atomic E-state index is -0.181. The molecule has 0 bridgehead atoms. The van der Waals surface area contributed by atoms with E-state index in [9.17, 15) is 14.9 Å². The highest BCUT2D eigenvalue weighted by atomic mass is 35.5. The number of nitrogens with zero attached hydrogens (tertiary/aromatic N) is 5. The zero-order chi connectivity index (χ0) is 27.8. The molecule has 9 nitrogen and oxygen atoms in total. The number of ether oxygens (including phenoxy) is 1. The van der Waals surface area contributed by atoms with Crippen LogP contribution in [0.3, 0.4) is 0 Å². The lowest BCUT2D eigenvalue weighted by atomic mass is 9.92. The molecule has 1 aromatic heterocycles. The summed E-state index contributed by atoms with van der Waals surface area (Å²) in [6.45, 7) is 4.34. The van der Waals surface area contributed by atoms with Crippen molar-refractivity contribution in [2.24, 2.45) is 0 Å². The van der Waals surface area contributed by atoms with Gasteiger partial charge in [-0.25, -0.2) is 9.97 Å². The topological polar surface area (TPSA) is 111 Å². The predicted molar refractivity (Wildman–Crippen MR) is 150 cm³/mol. The van der Waals surface area contributed by atoms with Gasteiger partial charge in [-0.1, -0.05) is 29.8 Å². The first-order valence-corrected chi connectivity index (χ1v) is 13.9. The zero-order valence-corrected chi connectivity index (χ0v) is 22.9. The number of aromatic nitrogens is 2. The minimum absolute atomic E-state index is 0.00618. The van der Waals surface area contributed by atoms with Crippen molar-refractivity contribution in [3.8, 4) is 17.3 Å². The molecule has 0 radical (unpaired) electrons. The number of halogens is 1. The number of carbonyl (C=O) groups excluding carboxylic acids is 2. The van der Waals surface area contributed by atoms with Crippen LogP contribution in [0.25, 0.3) is 11.3 Å². The van der Waals surface area contributed by atoms with Crippen molar-refractivity contribution < 1.29 is 14.3 Å². The zero-order valence-electron chi connectivity index (χ0n) is 22.2. The van der Waals surface area contributed by atoms with E-state index in [2.05, 4.69) is 21.4 Å². The Labute approximate surface area is 237 Å².